The topological polar surface area (TPSA) is 63.5 Å². The van der Waals surface area contributed by atoms with E-state index in [0.717, 1.165) is 31.0 Å². The van der Waals surface area contributed by atoms with Gasteiger partial charge in [-0.25, -0.2) is 4.39 Å². The van der Waals surface area contributed by atoms with E-state index in [1.165, 1.54) is 0 Å². The highest BCUT2D eigenvalue weighted by Gasteiger charge is 2.26. The quantitative estimate of drug-likeness (QED) is 0.472. The van der Waals surface area contributed by atoms with E-state index in [0.29, 0.717) is 23.8 Å². The van der Waals surface area contributed by atoms with Crippen molar-refractivity contribution in [1.82, 2.24) is 4.90 Å². The molecule has 0 aliphatic carbocycles. The molecule has 0 aromatic heterocycles. The number of likely N-dealkylation sites (tertiary alicyclic amines) is 1. The molecular formula is C14H16BrFN2O3. The SMILES string of the molecule is CC(Br)C1CCN(C(=O)c2cc(F)cc([N+](=O)[O-])c2)CC1. The molecule has 7 heteroatoms. The fourth-order valence-corrected chi connectivity index (χ4v) is 3.08. The first-order valence-electron chi connectivity index (χ1n) is 6.77. The predicted octanol–water partition coefficient (Wildman–Crippen LogP) is 3.37. The maximum Gasteiger partial charge on any atom is 0.273 e. The van der Waals surface area contributed by atoms with Crippen molar-refractivity contribution < 1.29 is 14.1 Å². The molecule has 1 aromatic rings. The number of non-ortho nitro benzene ring substituents is 1. The van der Waals surface area contributed by atoms with E-state index in [2.05, 4.69) is 22.9 Å². The third-order valence-corrected chi connectivity index (χ3v) is 4.56. The van der Waals surface area contributed by atoms with Crippen LogP contribution in [0.4, 0.5) is 10.1 Å². The van der Waals surface area contributed by atoms with Crippen LogP contribution in [-0.4, -0.2) is 33.6 Å². The van der Waals surface area contributed by atoms with Crippen molar-refractivity contribution in [2.75, 3.05) is 13.1 Å². The number of nitrogens with zero attached hydrogens (tertiary/aromatic N) is 2. The van der Waals surface area contributed by atoms with Crippen LogP contribution in [-0.2, 0) is 0 Å². The van der Waals surface area contributed by atoms with Crippen LogP contribution in [0.2, 0.25) is 0 Å². The number of nitro benzene ring substituents is 1. The van der Waals surface area contributed by atoms with Gasteiger partial charge in [0.15, 0.2) is 0 Å². The second-order valence-electron chi connectivity index (χ2n) is 5.26. The molecule has 1 atom stereocenters. The van der Waals surface area contributed by atoms with E-state index >= 15 is 0 Å². The number of benzene rings is 1. The Balaban J connectivity index is 2.12. The molecule has 0 spiro atoms. The summed E-state index contributed by atoms with van der Waals surface area (Å²) in [4.78, 5) is 24.4. The van der Waals surface area contributed by atoms with Gasteiger partial charge in [-0.3, -0.25) is 14.9 Å². The molecule has 1 aliphatic heterocycles. The Morgan fingerprint density at radius 3 is 2.57 bits per heavy atom. The Kier molecular flexibility index (Phi) is 4.92. The molecule has 1 unspecified atom stereocenters. The average Bonchev–Trinajstić information content (AvgIpc) is 2.45. The third kappa shape index (κ3) is 3.78. The van der Waals surface area contributed by atoms with Gasteiger partial charge in [0.1, 0.15) is 5.82 Å². The second kappa shape index (κ2) is 6.51. The first-order chi connectivity index (χ1) is 9.88. The summed E-state index contributed by atoms with van der Waals surface area (Å²) in [5, 5.41) is 10.7. The van der Waals surface area contributed by atoms with E-state index in [1.54, 1.807) is 4.90 Å². The lowest BCUT2D eigenvalue weighted by atomic mass is 9.94. The molecule has 0 N–H and O–H groups in total. The molecule has 1 saturated heterocycles. The van der Waals surface area contributed by atoms with Crippen LogP contribution in [0, 0.1) is 21.8 Å². The van der Waals surface area contributed by atoms with Crippen molar-refractivity contribution in [2.24, 2.45) is 5.92 Å². The molecule has 21 heavy (non-hydrogen) atoms. The maximum absolute atomic E-state index is 13.4. The Morgan fingerprint density at radius 2 is 2.05 bits per heavy atom. The zero-order chi connectivity index (χ0) is 15.6. The molecular weight excluding hydrogens is 343 g/mol. The van der Waals surface area contributed by atoms with Crippen LogP contribution in [0.25, 0.3) is 0 Å². The number of amides is 1. The zero-order valence-corrected chi connectivity index (χ0v) is 13.2. The van der Waals surface area contributed by atoms with Gasteiger partial charge < -0.3 is 4.90 Å². The molecule has 114 valence electrons. The summed E-state index contributed by atoms with van der Waals surface area (Å²) < 4.78 is 13.4. The molecule has 1 aliphatic rings. The molecule has 0 bridgehead atoms. The summed E-state index contributed by atoms with van der Waals surface area (Å²) in [6.45, 7) is 3.26. The number of rotatable bonds is 3. The molecule has 1 heterocycles. The van der Waals surface area contributed by atoms with E-state index in [9.17, 15) is 19.3 Å². The number of halogens is 2. The summed E-state index contributed by atoms with van der Waals surface area (Å²) in [6.07, 6.45) is 1.74. The largest absolute Gasteiger partial charge is 0.339 e. The van der Waals surface area contributed by atoms with Gasteiger partial charge in [-0.05, 0) is 24.8 Å². The van der Waals surface area contributed by atoms with Gasteiger partial charge in [-0.1, -0.05) is 22.9 Å². The van der Waals surface area contributed by atoms with Gasteiger partial charge >= 0.3 is 0 Å². The van der Waals surface area contributed by atoms with E-state index in [-0.39, 0.29) is 11.5 Å². The monoisotopic (exact) mass is 358 g/mol. The number of nitro groups is 1. The standard InChI is InChI=1S/C14H16BrFN2O3/c1-9(15)10-2-4-17(5-3-10)14(19)11-6-12(16)8-13(7-11)18(20)21/h6-10H,2-5H2,1H3. The van der Waals surface area contributed by atoms with Crippen molar-refractivity contribution in [1.29, 1.82) is 0 Å². The fourth-order valence-electron chi connectivity index (χ4n) is 2.55. The number of carbonyl (C=O) groups excluding carboxylic acids is 1. The van der Waals surface area contributed by atoms with Crippen LogP contribution >= 0.6 is 15.9 Å². The molecule has 1 fully saturated rings. The van der Waals surface area contributed by atoms with Crippen LogP contribution in [0.3, 0.4) is 0 Å². The van der Waals surface area contributed by atoms with Gasteiger partial charge in [0.25, 0.3) is 11.6 Å². The van der Waals surface area contributed by atoms with Gasteiger partial charge in [0, 0.05) is 29.5 Å². The number of hydrogen-bond acceptors (Lipinski definition) is 3. The predicted molar refractivity (Wildman–Crippen MR) is 80.1 cm³/mol. The lowest BCUT2D eigenvalue weighted by molar-refractivity contribution is -0.385. The Morgan fingerprint density at radius 1 is 1.43 bits per heavy atom. The number of alkyl halides is 1. The molecule has 2 rings (SSSR count). The highest BCUT2D eigenvalue weighted by atomic mass is 79.9. The van der Waals surface area contributed by atoms with Crippen LogP contribution in [0.5, 0.6) is 0 Å². The highest BCUT2D eigenvalue weighted by Crippen LogP contribution is 2.26. The van der Waals surface area contributed by atoms with Crippen molar-refractivity contribution in [3.63, 3.8) is 0 Å². The second-order valence-corrected chi connectivity index (χ2v) is 6.71. The Bertz CT molecular complexity index is 557. The summed E-state index contributed by atoms with van der Waals surface area (Å²) in [5.41, 5.74) is -0.366. The fraction of sp³-hybridized carbons (Fsp3) is 0.500. The van der Waals surface area contributed by atoms with Crippen LogP contribution < -0.4 is 0 Å². The minimum atomic E-state index is -0.767. The van der Waals surface area contributed by atoms with Gasteiger partial charge in [0.05, 0.1) is 11.0 Å². The molecule has 1 aromatic carbocycles. The molecule has 0 radical (unpaired) electrons. The highest BCUT2D eigenvalue weighted by molar-refractivity contribution is 9.09. The van der Waals surface area contributed by atoms with Crippen molar-refractivity contribution in [2.45, 2.75) is 24.6 Å². The zero-order valence-electron chi connectivity index (χ0n) is 11.6. The molecule has 5 nitrogen and oxygen atoms in total. The van der Waals surface area contributed by atoms with E-state index in [1.807, 2.05) is 0 Å². The minimum absolute atomic E-state index is 0.0343. The Hall–Kier alpha value is -1.50. The summed E-state index contributed by atoms with van der Waals surface area (Å²) in [7, 11) is 0. The number of hydrogen-bond donors (Lipinski definition) is 0. The summed E-state index contributed by atoms with van der Waals surface area (Å²) in [5.74, 6) is -0.606. The van der Waals surface area contributed by atoms with E-state index in [4.69, 9.17) is 0 Å². The van der Waals surface area contributed by atoms with Gasteiger partial charge in [-0.15, -0.1) is 0 Å². The van der Waals surface area contributed by atoms with Gasteiger partial charge in [0.2, 0.25) is 0 Å². The summed E-state index contributed by atoms with van der Waals surface area (Å²) >= 11 is 3.54. The Labute approximate surface area is 130 Å². The first-order valence-corrected chi connectivity index (χ1v) is 7.68. The minimum Gasteiger partial charge on any atom is -0.339 e. The smallest absolute Gasteiger partial charge is 0.273 e. The average molecular weight is 359 g/mol. The van der Waals surface area contributed by atoms with Crippen molar-refractivity contribution in [3.8, 4) is 0 Å². The van der Waals surface area contributed by atoms with Crippen LogP contribution in [0.1, 0.15) is 30.1 Å². The van der Waals surface area contributed by atoms with Crippen LogP contribution in [0.15, 0.2) is 18.2 Å². The van der Waals surface area contributed by atoms with Crippen molar-refractivity contribution >= 4 is 27.5 Å². The first kappa shape index (κ1) is 15.9. The molecule has 1 amide bonds. The lowest BCUT2D eigenvalue weighted by Gasteiger charge is -2.33. The van der Waals surface area contributed by atoms with Crippen molar-refractivity contribution in [3.05, 3.63) is 39.7 Å². The summed E-state index contributed by atoms with van der Waals surface area (Å²) in [6, 6.07) is 2.99. The van der Waals surface area contributed by atoms with E-state index < -0.39 is 16.4 Å². The number of carbonyl (C=O) groups is 1. The third-order valence-electron chi connectivity index (χ3n) is 3.82. The van der Waals surface area contributed by atoms with Gasteiger partial charge in [-0.2, -0.15) is 0 Å². The number of piperidine rings is 1. The maximum atomic E-state index is 13.4. The molecule has 0 saturated carbocycles. The normalized spacial score (nSPS) is 17.6. The lowest BCUT2D eigenvalue weighted by Crippen LogP contribution is -2.40.